The Bertz CT molecular complexity index is 521. The number of hydrogen-bond acceptors (Lipinski definition) is 4. The summed E-state index contributed by atoms with van der Waals surface area (Å²) in [7, 11) is 3.03. The molecule has 122 valence electrons. The number of carbonyl (C=O) groups excluding carboxylic acids is 2. The fourth-order valence-electron chi connectivity index (χ4n) is 1.67. The fourth-order valence-corrected chi connectivity index (χ4v) is 2.22. The molecule has 0 unspecified atom stereocenters. The minimum Gasteiger partial charge on any atom is -0.495 e. The molecule has 0 aromatic heterocycles. The van der Waals surface area contributed by atoms with E-state index in [1.165, 1.54) is 14.2 Å². The van der Waals surface area contributed by atoms with Gasteiger partial charge in [0.15, 0.2) is 0 Å². The van der Waals surface area contributed by atoms with Crippen LogP contribution in [-0.4, -0.2) is 39.1 Å². The topological polar surface area (TPSA) is 76.7 Å². The first-order chi connectivity index (χ1) is 10.4. The number of hydrogen-bond donors (Lipinski definition) is 2. The van der Waals surface area contributed by atoms with Crippen LogP contribution in [0.3, 0.4) is 0 Å². The van der Waals surface area contributed by atoms with E-state index >= 15 is 0 Å². The number of carbonyl (C=O) groups is 2. The summed E-state index contributed by atoms with van der Waals surface area (Å²) in [4.78, 5) is 23.5. The van der Waals surface area contributed by atoms with Crippen molar-refractivity contribution < 1.29 is 19.1 Å². The van der Waals surface area contributed by atoms with E-state index in [2.05, 4.69) is 26.6 Å². The number of rotatable bonds is 7. The third-order valence-electron chi connectivity index (χ3n) is 2.94. The summed E-state index contributed by atoms with van der Waals surface area (Å²) in [6, 6.07) is 3.24. The van der Waals surface area contributed by atoms with Crippen molar-refractivity contribution in [2.24, 2.45) is 5.92 Å². The van der Waals surface area contributed by atoms with Gasteiger partial charge in [0.2, 0.25) is 5.91 Å². The van der Waals surface area contributed by atoms with E-state index in [4.69, 9.17) is 9.47 Å². The molecule has 1 rings (SSSR count). The molecule has 1 aromatic carbocycles. The zero-order valence-electron chi connectivity index (χ0n) is 13.2. The van der Waals surface area contributed by atoms with Gasteiger partial charge in [-0.25, -0.2) is 0 Å². The maximum atomic E-state index is 12.1. The predicted molar refractivity (Wildman–Crippen MR) is 87.4 cm³/mol. The van der Waals surface area contributed by atoms with E-state index in [1.807, 2.05) is 13.8 Å². The number of benzene rings is 1. The van der Waals surface area contributed by atoms with Crippen molar-refractivity contribution in [1.29, 1.82) is 0 Å². The Morgan fingerprint density at radius 1 is 1.09 bits per heavy atom. The molecule has 7 heteroatoms. The summed E-state index contributed by atoms with van der Waals surface area (Å²) in [5.74, 6) is 0.648. The van der Waals surface area contributed by atoms with Crippen molar-refractivity contribution in [3.63, 3.8) is 0 Å². The van der Waals surface area contributed by atoms with Crippen LogP contribution in [0.5, 0.6) is 11.5 Å². The van der Waals surface area contributed by atoms with Crippen LogP contribution < -0.4 is 20.1 Å². The quantitative estimate of drug-likeness (QED) is 0.717. The second-order valence-corrected chi connectivity index (χ2v) is 5.69. The molecule has 1 aromatic rings. The first-order valence-electron chi connectivity index (χ1n) is 6.88. The van der Waals surface area contributed by atoms with Crippen LogP contribution in [0.15, 0.2) is 16.6 Å². The molecule has 0 fully saturated rings. The van der Waals surface area contributed by atoms with Gasteiger partial charge in [-0.2, -0.15) is 0 Å². The fraction of sp³-hybridized carbons (Fsp3) is 0.467. The maximum Gasteiger partial charge on any atom is 0.251 e. The molecule has 22 heavy (non-hydrogen) atoms. The Labute approximate surface area is 138 Å². The molecule has 0 heterocycles. The number of ether oxygens (including phenoxy) is 2. The van der Waals surface area contributed by atoms with Crippen molar-refractivity contribution in [1.82, 2.24) is 10.6 Å². The maximum absolute atomic E-state index is 12.1. The van der Waals surface area contributed by atoms with Crippen molar-refractivity contribution >= 4 is 27.7 Å². The highest BCUT2D eigenvalue weighted by atomic mass is 79.9. The highest BCUT2D eigenvalue weighted by Crippen LogP contribution is 2.35. The van der Waals surface area contributed by atoms with Gasteiger partial charge >= 0.3 is 0 Å². The number of methoxy groups -OCH3 is 2. The molecule has 2 amide bonds. The van der Waals surface area contributed by atoms with Crippen LogP contribution in [0.1, 0.15) is 24.2 Å². The minimum atomic E-state index is -0.261. The second-order valence-electron chi connectivity index (χ2n) is 4.90. The summed E-state index contributed by atoms with van der Waals surface area (Å²) in [5, 5.41) is 5.47. The average Bonchev–Trinajstić information content (AvgIpc) is 2.51. The molecule has 0 aliphatic heterocycles. The van der Waals surface area contributed by atoms with Gasteiger partial charge in [0.1, 0.15) is 16.0 Å². The predicted octanol–water partition coefficient (Wildman–Crippen LogP) is 1.97. The van der Waals surface area contributed by atoms with E-state index in [0.717, 1.165) is 0 Å². The van der Waals surface area contributed by atoms with Crippen molar-refractivity contribution in [3.8, 4) is 11.5 Å². The lowest BCUT2D eigenvalue weighted by atomic mass is 10.2. The van der Waals surface area contributed by atoms with Gasteiger partial charge in [-0.05, 0) is 28.1 Å². The average molecular weight is 373 g/mol. The molecular weight excluding hydrogens is 352 g/mol. The van der Waals surface area contributed by atoms with E-state index in [-0.39, 0.29) is 17.7 Å². The Morgan fingerprint density at radius 3 is 2.05 bits per heavy atom. The van der Waals surface area contributed by atoms with Crippen LogP contribution in [0.25, 0.3) is 0 Å². The molecule has 2 N–H and O–H groups in total. The van der Waals surface area contributed by atoms with E-state index in [0.29, 0.717) is 34.6 Å². The highest BCUT2D eigenvalue weighted by molar-refractivity contribution is 9.10. The molecule has 0 atom stereocenters. The van der Waals surface area contributed by atoms with E-state index in [9.17, 15) is 9.59 Å². The SMILES string of the molecule is COc1cc(C(=O)NCCNC(=O)C(C)C)cc(OC)c1Br. The summed E-state index contributed by atoms with van der Waals surface area (Å²) in [5.41, 5.74) is 0.423. The molecule has 0 bridgehead atoms. The van der Waals surface area contributed by atoms with Crippen LogP contribution in [0, 0.1) is 5.92 Å². The van der Waals surface area contributed by atoms with Crippen molar-refractivity contribution in [2.45, 2.75) is 13.8 Å². The first kappa shape index (κ1) is 18.3. The lowest BCUT2D eigenvalue weighted by molar-refractivity contribution is -0.123. The van der Waals surface area contributed by atoms with E-state index < -0.39 is 0 Å². The second kappa shape index (κ2) is 8.63. The summed E-state index contributed by atoms with van der Waals surface area (Å²) < 4.78 is 11.0. The number of nitrogens with one attached hydrogen (secondary N) is 2. The van der Waals surface area contributed by atoms with Crippen LogP contribution in [0.2, 0.25) is 0 Å². The Kier molecular flexibility index (Phi) is 7.17. The van der Waals surface area contributed by atoms with Crippen LogP contribution in [0.4, 0.5) is 0 Å². The molecule has 0 radical (unpaired) electrons. The molecule has 0 aliphatic rings. The molecule has 0 spiro atoms. The van der Waals surface area contributed by atoms with Gasteiger partial charge in [-0.3, -0.25) is 9.59 Å². The summed E-state index contributed by atoms with van der Waals surface area (Å²) in [6.45, 7) is 4.36. The lowest BCUT2D eigenvalue weighted by Crippen LogP contribution is -2.36. The van der Waals surface area contributed by atoms with E-state index in [1.54, 1.807) is 12.1 Å². The van der Waals surface area contributed by atoms with Gasteiger partial charge in [0.25, 0.3) is 5.91 Å². The third kappa shape index (κ3) is 4.91. The van der Waals surface area contributed by atoms with Gasteiger partial charge in [-0.1, -0.05) is 13.8 Å². The molecule has 0 aliphatic carbocycles. The third-order valence-corrected chi connectivity index (χ3v) is 3.72. The van der Waals surface area contributed by atoms with Gasteiger partial charge in [0, 0.05) is 24.6 Å². The normalized spacial score (nSPS) is 10.3. The zero-order valence-corrected chi connectivity index (χ0v) is 14.7. The van der Waals surface area contributed by atoms with Gasteiger partial charge in [0.05, 0.1) is 14.2 Å². The Morgan fingerprint density at radius 2 is 1.59 bits per heavy atom. The van der Waals surface area contributed by atoms with Crippen LogP contribution in [-0.2, 0) is 4.79 Å². The smallest absolute Gasteiger partial charge is 0.251 e. The largest absolute Gasteiger partial charge is 0.495 e. The molecular formula is C15H21BrN2O4. The number of amides is 2. The zero-order chi connectivity index (χ0) is 16.7. The molecule has 6 nitrogen and oxygen atoms in total. The Balaban J connectivity index is 2.64. The van der Waals surface area contributed by atoms with Gasteiger partial charge < -0.3 is 20.1 Å². The summed E-state index contributed by atoms with van der Waals surface area (Å²) >= 11 is 3.35. The van der Waals surface area contributed by atoms with Crippen molar-refractivity contribution in [3.05, 3.63) is 22.2 Å². The van der Waals surface area contributed by atoms with Crippen LogP contribution >= 0.6 is 15.9 Å². The first-order valence-corrected chi connectivity index (χ1v) is 7.67. The summed E-state index contributed by atoms with van der Waals surface area (Å²) in [6.07, 6.45) is 0. The highest BCUT2D eigenvalue weighted by Gasteiger charge is 2.14. The minimum absolute atomic E-state index is 0.0405. The Hall–Kier alpha value is -1.76. The van der Waals surface area contributed by atoms with Crippen molar-refractivity contribution in [2.75, 3.05) is 27.3 Å². The molecule has 0 saturated heterocycles. The number of halogens is 1. The standard InChI is InChI=1S/C15H21BrN2O4/c1-9(2)14(19)17-5-6-18-15(20)10-7-11(21-3)13(16)12(8-10)22-4/h7-9H,5-6H2,1-4H3,(H,17,19)(H,18,20). The lowest BCUT2D eigenvalue weighted by Gasteiger charge is -2.12. The van der Waals surface area contributed by atoms with Gasteiger partial charge in [-0.15, -0.1) is 0 Å². The monoisotopic (exact) mass is 372 g/mol. The molecule has 0 saturated carbocycles.